The van der Waals surface area contributed by atoms with Gasteiger partial charge in [-0.15, -0.1) is 0 Å². The summed E-state index contributed by atoms with van der Waals surface area (Å²) in [6.07, 6.45) is 0. The summed E-state index contributed by atoms with van der Waals surface area (Å²) in [4.78, 5) is 0. The van der Waals surface area contributed by atoms with Crippen LogP contribution >= 0.6 is 0 Å². The normalized spacial score (nSPS) is 10.6. The van der Waals surface area contributed by atoms with Gasteiger partial charge in [0.2, 0.25) is 0 Å². The number of fused-ring (bicyclic) bond motifs is 1. The van der Waals surface area contributed by atoms with Crippen LogP contribution in [0.15, 0.2) is 42.5 Å². The molecule has 2 N–H and O–H groups in total. The predicted octanol–water partition coefficient (Wildman–Crippen LogP) is 2.46. The van der Waals surface area contributed by atoms with Gasteiger partial charge < -0.3 is 9.84 Å². The molecule has 0 spiro atoms. The molecule has 0 aliphatic carbocycles. The fourth-order valence-corrected chi connectivity index (χ4v) is 1.55. The van der Waals surface area contributed by atoms with E-state index in [4.69, 9.17) is 4.74 Å². The van der Waals surface area contributed by atoms with Gasteiger partial charge in [-0.3, -0.25) is 0 Å². The molecular formula is C12H9N3O2. The van der Waals surface area contributed by atoms with Crippen LogP contribution < -0.4 is 4.74 Å². The third-order valence-electron chi connectivity index (χ3n) is 2.38. The van der Waals surface area contributed by atoms with Crippen molar-refractivity contribution < 1.29 is 9.84 Å². The number of aromatic hydroxyl groups is 1. The summed E-state index contributed by atoms with van der Waals surface area (Å²) in [5.74, 6) is 1.12. The Morgan fingerprint density at radius 2 is 1.82 bits per heavy atom. The Kier molecular flexibility index (Phi) is 2.15. The molecule has 84 valence electrons. The Morgan fingerprint density at radius 3 is 2.71 bits per heavy atom. The van der Waals surface area contributed by atoms with E-state index in [0.29, 0.717) is 11.5 Å². The minimum absolute atomic E-state index is 0.104. The number of nitrogens with one attached hydrogen (secondary N) is 1. The fourth-order valence-electron chi connectivity index (χ4n) is 1.55. The van der Waals surface area contributed by atoms with E-state index in [1.807, 2.05) is 0 Å². The molecule has 0 bridgehead atoms. The number of hydrogen-bond acceptors (Lipinski definition) is 4. The van der Waals surface area contributed by atoms with E-state index >= 15 is 0 Å². The number of phenolic OH excluding ortho intramolecular Hbond substituents is 1. The zero-order chi connectivity index (χ0) is 11.7. The van der Waals surface area contributed by atoms with Crippen LogP contribution in [0.3, 0.4) is 0 Å². The molecule has 0 amide bonds. The van der Waals surface area contributed by atoms with Gasteiger partial charge in [-0.05, 0) is 24.3 Å². The van der Waals surface area contributed by atoms with Crippen LogP contribution in [0.2, 0.25) is 0 Å². The molecule has 1 heterocycles. The first-order chi connectivity index (χ1) is 8.33. The van der Waals surface area contributed by atoms with E-state index in [1.54, 1.807) is 42.5 Å². The number of benzene rings is 2. The molecule has 0 saturated carbocycles. The fraction of sp³-hybridized carbons (Fsp3) is 0. The molecule has 3 aromatic rings. The number of phenols is 1. The molecule has 0 atom stereocenters. The summed E-state index contributed by atoms with van der Waals surface area (Å²) in [5.41, 5.74) is 1.49. The Morgan fingerprint density at radius 1 is 1.00 bits per heavy atom. The average Bonchev–Trinajstić information content (AvgIpc) is 2.79. The van der Waals surface area contributed by atoms with Crippen molar-refractivity contribution in [3.05, 3.63) is 42.5 Å². The minimum Gasteiger partial charge on any atom is -0.504 e. The van der Waals surface area contributed by atoms with E-state index in [9.17, 15) is 5.11 Å². The molecule has 2 aromatic carbocycles. The topological polar surface area (TPSA) is 71.0 Å². The van der Waals surface area contributed by atoms with Crippen LogP contribution in [0.1, 0.15) is 0 Å². The summed E-state index contributed by atoms with van der Waals surface area (Å²) in [5, 5.41) is 20.0. The molecular weight excluding hydrogens is 218 g/mol. The van der Waals surface area contributed by atoms with E-state index < -0.39 is 0 Å². The van der Waals surface area contributed by atoms with Gasteiger partial charge in [-0.1, -0.05) is 12.1 Å². The molecule has 5 nitrogen and oxygen atoms in total. The Balaban J connectivity index is 1.97. The number of ether oxygens (including phenoxy) is 1. The summed E-state index contributed by atoms with van der Waals surface area (Å²) in [7, 11) is 0. The number of aromatic nitrogens is 3. The van der Waals surface area contributed by atoms with Gasteiger partial charge in [-0.25, -0.2) is 0 Å². The largest absolute Gasteiger partial charge is 0.504 e. The predicted molar refractivity (Wildman–Crippen MR) is 62.1 cm³/mol. The van der Waals surface area contributed by atoms with E-state index in [1.165, 1.54) is 0 Å². The molecule has 17 heavy (non-hydrogen) atoms. The smallest absolute Gasteiger partial charge is 0.169 e. The SMILES string of the molecule is Oc1ccccc1Oc1ccc2n[nH]nc2c1. The molecule has 0 fully saturated rings. The monoisotopic (exact) mass is 227 g/mol. The van der Waals surface area contributed by atoms with Gasteiger partial charge in [0.25, 0.3) is 0 Å². The minimum atomic E-state index is 0.104. The standard InChI is InChI=1S/C12H9N3O2/c16-11-3-1-2-4-12(11)17-8-5-6-9-10(7-8)14-15-13-9/h1-7,16H,(H,13,14,15). The van der Waals surface area contributed by atoms with Crippen molar-refractivity contribution >= 4 is 11.0 Å². The second-order valence-electron chi connectivity index (χ2n) is 3.54. The highest BCUT2D eigenvalue weighted by molar-refractivity contribution is 5.75. The highest BCUT2D eigenvalue weighted by Crippen LogP contribution is 2.30. The Labute approximate surface area is 96.7 Å². The van der Waals surface area contributed by atoms with E-state index in [-0.39, 0.29) is 5.75 Å². The maximum atomic E-state index is 9.59. The van der Waals surface area contributed by atoms with Crippen molar-refractivity contribution in [3.8, 4) is 17.2 Å². The second kappa shape index (κ2) is 3.79. The highest BCUT2D eigenvalue weighted by atomic mass is 16.5. The van der Waals surface area contributed by atoms with Crippen molar-refractivity contribution in [1.29, 1.82) is 0 Å². The van der Waals surface area contributed by atoms with Crippen LogP contribution in [0, 0.1) is 0 Å². The zero-order valence-electron chi connectivity index (χ0n) is 8.79. The van der Waals surface area contributed by atoms with Crippen LogP contribution in [0.5, 0.6) is 17.2 Å². The molecule has 0 aliphatic rings. The first-order valence-electron chi connectivity index (χ1n) is 5.09. The number of aromatic amines is 1. The lowest BCUT2D eigenvalue weighted by molar-refractivity contribution is 0.411. The summed E-state index contributed by atoms with van der Waals surface area (Å²) in [6.45, 7) is 0. The molecule has 0 unspecified atom stereocenters. The number of rotatable bonds is 2. The third kappa shape index (κ3) is 1.78. The zero-order valence-corrected chi connectivity index (χ0v) is 8.79. The number of H-pyrrole nitrogens is 1. The number of nitrogens with zero attached hydrogens (tertiary/aromatic N) is 2. The van der Waals surface area contributed by atoms with Gasteiger partial charge in [-0.2, -0.15) is 15.4 Å². The van der Waals surface area contributed by atoms with Gasteiger partial charge in [0.05, 0.1) is 0 Å². The number of para-hydroxylation sites is 2. The average molecular weight is 227 g/mol. The van der Waals surface area contributed by atoms with Gasteiger partial charge >= 0.3 is 0 Å². The second-order valence-corrected chi connectivity index (χ2v) is 3.54. The van der Waals surface area contributed by atoms with Crippen molar-refractivity contribution in [2.45, 2.75) is 0 Å². The summed E-state index contributed by atoms with van der Waals surface area (Å²) in [6, 6.07) is 12.1. The van der Waals surface area contributed by atoms with Crippen LogP contribution in [-0.2, 0) is 0 Å². The molecule has 0 saturated heterocycles. The van der Waals surface area contributed by atoms with Gasteiger partial charge in [0, 0.05) is 6.07 Å². The molecule has 0 aliphatic heterocycles. The first-order valence-corrected chi connectivity index (χ1v) is 5.09. The maximum absolute atomic E-state index is 9.59. The lowest BCUT2D eigenvalue weighted by Gasteiger charge is -2.06. The molecule has 5 heteroatoms. The Hall–Kier alpha value is -2.56. The quantitative estimate of drug-likeness (QED) is 0.705. The van der Waals surface area contributed by atoms with Gasteiger partial charge in [0.15, 0.2) is 11.5 Å². The lowest BCUT2D eigenvalue weighted by Crippen LogP contribution is -1.84. The van der Waals surface area contributed by atoms with Crippen LogP contribution in [0.4, 0.5) is 0 Å². The summed E-state index contributed by atoms with van der Waals surface area (Å²) < 4.78 is 5.55. The van der Waals surface area contributed by atoms with Crippen molar-refractivity contribution in [1.82, 2.24) is 15.4 Å². The van der Waals surface area contributed by atoms with Crippen molar-refractivity contribution in [2.24, 2.45) is 0 Å². The van der Waals surface area contributed by atoms with Crippen LogP contribution in [0.25, 0.3) is 11.0 Å². The van der Waals surface area contributed by atoms with Crippen molar-refractivity contribution in [3.63, 3.8) is 0 Å². The Bertz CT molecular complexity index is 663. The highest BCUT2D eigenvalue weighted by Gasteiger charge is 2.04. The third-order valence-corrected chi connectivity index (χ3v) is 2.38. The molecule has 0 radical (unpaired) electrons. The van der Waals surface area contributed by atoms with E-state index in [2.05, 4.69) is 15.4 Å². The van der Waals surface area contributed by atoms with Gasteiger partial charge in [0.1, 0.15) is 16.8 Å². The first kappa shape index (κ1) is 9.65. The molecule has 3 rings (SSSR count). The van der Waals surface area contributed by atoms with Crippen molar-refractivity contribution in [2.75, 3.05) is 0 Å². The number of hydrogen-bond donors (Lipinski definition) is 2. The van der Waals surface area contributed by atoms with Crippen LogP contribution in [-0.4, -0.2) is 20.5 Å². The maximum Gasteiger partial charge on any atom is 0.169 e. The molecule has 1 aromatic heterocycles. The summed E-state index contributed by atoms with van der Waals surface area (Å²) >= 11 is 0. The lowest BCUT2D eigenvalue weighted by atomic mass is 10.3. The van der Waals surface area contributed by atoms with E-state index in [0.717, 1.165) is 11.0 Å².